The second-order valence-electron chi connectivity index (χ2n) is 5.86. The molecule has 2 aromatic rings. The molecule has 3 rings (SSSR count). The molecule has 0 spiro atoms. The lowest BCUT2D eigenvalue weighted by Crippen LogP contribution is -3.13. The van der Waals surface area contributed by atoms with E-state index >= 15 is 0 Å². The number of carbonyl (C=O) groups excluding carboxylic acids is 1. The first kappa shape index (κ1) is 16.0. The number of carbonyl (C=O) groups is 1. The van der Waals surface area contributed by atoms with Gasteiger partial charge in [0.1, 0.15) is 12.3 Å². The van der Waals surface area contributed by atoms with Gasteiger partial charge in [-0.3, -0.25) is 4.79 Å². The van der Waals surface area contributed by atoms with Gasteiger partial charge in [-0.15, -0.1) is 0 Å². The molecule has 23 heavy (non-hydrogen) atoms. The first-order chi connectivity index (χ1) is 11.1. The Kier molecular flexibility index (Phi) is 4.98. The fourth-order valence-corrected chi connectivity index (χ4v) is 3.34. The summed E-state index contributed by atoms with van der Waals surface area (Å²) in [6, 6.07) is 14.9. The lowest BCUT2D eigenvalue weighted by atomic mass is 10.1. The van der Waals surface area contributed by atoms with E-state index in [1.807, 2.05) is 47.4 Å². The Morgan fingerprint density at radius 1 is 1.13 bits per heavy atom. The molecule has 4 nitrogen and oxygen atoms in total. The van der Waals surface area contributed by atoms with E-state index in [0.29, 0.717) is 5.75 Å². The van der Waals surface area contributed by atoms with Gasteiger partial charge in [-0.05, 0) is 30.3 Å². The zero-order valence-electron chi connectivity index (χ0n) is 12.8. The number of piperazine rings is 1. The van der Waals surface area contributed by atoms with Crippen LogP contribution in [0, 0.1) is 0 Å². The number of nitrogens with zero attached hydrogens (tertiary/aromatic N) is 1. The summed E-state index contributed by atoms with van der Waals surface area (Å²) in [6.07, 6.45) is 0. The van der Waals surface area contributed by atoms with Crippen molar-refractivity contribution in [2.45, 2.75) is 6.54 Å². The number of halogens is 1. The van der Waals surface area contributed by atoms with Crippen LogP contribution in [0.25, 0.3) is 0 Å². The van der Waals surface area contributed by atoms with Crippen LogP contribution in [0.5, 0.6) is 5.75 Å². The van der Waals surface area contributed by atoms with Crippen molar-refractivity contribution in [3.63, 3.8) is 0 Å². The van der Waals surface area contributed by atoms with Crippen molar-refractivity contribution in [3.05, 3.63) is 64.1 Å². The maximum Gasteiger partial charge on any atom is 0.254 e. The van der Waals surface area contributed by atoms with Gasteiger partial charge in [-0.2, -0.15) is 0 Å². The van der Waals surface area contributed by atoms with E-state index in [4.69, 9.17) is 0 Å². The van der Waals surface area contributed by atoms with E-state index in [1.54, 1.807) is 6.07 Å². The van der Waals surface area contributed by atoms with Gasteiger partial charge in [-0.25, -0.2) is 0 Å². The maximum absolute atomic E-state index is 12.4. The van der Waals surface area contributed by atoms with E-state index in [9.17, 15) is 9.90 Å². The molecule has 0 unspecified atom stereocenters. The molecule has 0 bridgehead atoms. The van der Waals surface area contributed by atoms with Gasteiger partial charge < -0.3 is 14.9 Å². The van der Waals surface area contributed by atoms with Gasteiger partial charge >= 0.3 is 0 Å². The van der Waals surface area contributed by atoms with Crippen LogP contribution in [-0.2, 0) is 6.54 Å². The monoisotopic (exact) mass is 375 g/mol. The van der Waals surface area contributed by atoms with E-state index < -0.39 is 0 Å². The summed E-state index contributed by atoms with van der Waals surface area (Å²) < 4.78 is 0.975. The van der Waals surface area contributed by atoms with Crippen molar-refractivity contribution in [1.82, 2.24) is 4.90 Å². The standard InChI is InChI=1S/C18H19BrN2O2/c19-16-6-7-17(22)15(12-16)13-20-8-10-21(11-9-20)18(23)14-4-2-1-3-5-14/h1-7,12,22H,8-11,13H2/p+1. The number of benzene rings is 2. The average molecular weight is 376 g/mol. The number of amides is 1. The van der Waals surface area contributed by atoms with Crippen molar-refractivity contribution in [1.29, 1.82) is 0 Å². The summed E-state index contributed by atoms with van der Waals surface area (Å²) in [6.45, 7) is 4.06. The van der Waals surface area contributed by atoms with Crippen LogP contribution in [0.2, 0.25) is 0 Å². The van der Waals surface area contributed by atoms with Crippen molar-refractivity contribution < 1.29 is 14.8 Å². The first-order valence-corrected chi connectivity index (χ1v) is 8.58. The van der Waals surface area contributed by atoms with Crippen LogP contribution < -0.4 is 4.90 Å². The smallest absolute Gasteiger partial charge is 0.254 e. The highest BCUT2D eigenvalue weighted by Gasteiger charge is 2.25. The highest BCUT2D eigenvalue weighted by Crippen LogP contribution is 2.21. The molecule has 1 heterocycles. The van der Waals surface area contributed by atoms with Gasteiger partial charge in [0.05, 0.1) is 26.2 Å². The average Bonchev–Trinajstić information content (AvgIpc) is 2.59. The van der Waals surface area contributed by atoms with Crippen LogP contribution in [0.15, 0.2) is 53.0 Å². The van der Waals surface area contributed by atoms with Crippen LogP contribution in [0.1, 0.15) is 15.9 Å². The zero-order chi connectivity index (χ0) is 16.2. The number of hydrogen-bond acceptors (Lipinski definition) is 2. The molecule has 1 saturated heterocycles. The Bertz CT molecular complexity index is 683. The Labute approximate surface area is 144 Å². The normalized spacial score (nSPS) is 15.6. The second kappa shape index (κ2) is 7.15. The Morgan fingerprint density at radius 2 is 1.83 bits per heavy atom. The van der Waals surface area contributed by atoms with Crippen molar-refractivity contribution in [3.8, 4) is 5.75 Å². The molecule has 0 radical (unpaired) electrons. The summed E-state index contributed by atoms with van der Waals surface area (Å²) >= 11 is 3.44. The predicted octanol–water partition coefficient (Wildman–Crippen LogP) is 1.70. The van der Waals surface area contributed by atoms with E-state index in [1.165, 1.54) is 4.90 Å². The molecule has 2 N–H and O–H groups in total. The highest BCUT2D eigenvalue weighted by molar-refractivity contribution is 9.10. The number of quaternary nitrogens is 1. The van der Waals surface area contributed by atoms with Crippen molar-refractivity contribution in [2.24, 2.45) is 0 Å². The summed E-state index contributed by atoms with van der Waals surface area (Å²) in [7, 11) is 0. The maximum atomic E-state index is 12.4. The number of aromatic hydroxyl groups is 1. The number of phenols is 1. The zero-order valence-corrected chi connectivity index (χ0v) is 14.4. The molecule has 1 aliphatic rings. The quantitative estimate of drug-likeness (QED) is 0.857. The second-order valence-corrected chi connectivity index (χ2v) is 6.77. The summed E-state index contributed by atoms with van der Waals surface area (Å²) in [4.78, 5) is 15.7. The molecule has 1 aliphatic heterocycles. The molecule has 120 valence electrons. The molecular weight excluding hydrogens is 356 g/mol. The molecule has 1 fully saturated rings. The number of rotatable bonds is 3. The molecule has 2 aromatic carbocycles. The molecule has 0 aromatic heterocycles. The largest absolute Gasteiger partial charge is 0.507 e. The van der Waals surface area contributed by atoms with E-state index in [0.717, 1.165) is 48.3 Å². The highest BCUT2D eigenvalue weighted by atomic mass is 79.9. The lowest BCUT2D eigenvalue weighted by Gasteiger charge is -2.32. The first-order valence-electron chi connectivity index (χ1n) is 7.79. The molecule has 0 aliphatic carbocycles. The molecule has 0 saturated carbocycles. The van der Waals surface area contributed by atoms with Crippen LogP contribution in [0.4, 0.5) is 0 Å². The van der Waals surface area contributed by atoms with Crippen LogP contribution in [-0.4, -0.2) is 42.1 Å². The summed E-state index contributed by atoms with van der Waals surface area (Å²) in [5, 5.41) is 9.96. The Balaban J connectivity index is 1.58. The molecular formula is C18H20BrN2O2+. The number of hydrogen-bond donors (Lipinski definition) is 2. The minimum Gasteiger partial charge on any atom is -0.507 e. The Hall–Kier alpha value is -1.85. The SMILES string of the molecule is O=C(c1ccccc1)N1CC[NH+](Cc2cc(Br)ccc2O)CC1. The fourth-order valence-electron chi connectivity index (χ4n) is 2.93. The number of nitrogens with one attached hydrogen (secondary N) is 1. The molecule has 0 atom stereocenters. The van der Waals surface area contributed by atoms with Crippen molar-refractivity contribution >= 4 is 21.8 Å². The number of phenolic OH excluding ortho intramolecular Hbond substituents is 1. The minimum absolute atomic E-state index is 0.106. The van der Waals surface area contributed by atoms with E-state index in [-0.39, 0.29) is 5.91 Å². The molecule has 1 amide bonds. The lowest BCUT2D eigenvalue weighted by molar-refractivity contribution is -0.917. The van der Waals surface area contributed by atoms with Crippen LogP contribution >= 0.6 is 15.9 Å². The summed E-state index contributed by atoms with van der Waals surface area (Å²) in [5.74, 6) is 0.443. The Morgan fingerprint density at radius 3 is 2.52 bits per heavy atom. The van der Waals surface area contributed by atoms with Gasteiger partial charge in [0.15, 0.2) is 0 Å². The van der Waals surface area contributed by atoms with Gasteiger partial charge in [0.25, 0.3) is 5.91 Å². The third-order valence-electron chi connectivity index (χ3n) is 4.26. The van der Waals surface area contributed by atoms with Gasteiger partial charge in [0.2, 0.25) is 0 Å². The van der Waals surface area contributed by atoms with Gasteiger partial charge in [0, 0.05) is 15.6 Å². The molecule has 5 heteroatoms. The van der Waals surface area contributed by atoms with Gasteiger partial charge in [-0.1, -0.05) is 34.1 Å². The summed E-state index contributed by atoms with van der Waals surface area (Å²) in [5.41, 5.74) is 1.69. The fraction of sp³-hybridized carbons (Fsp3) is 0.278. The third-order valence-corrected chi connectivity index (χ3v) is 4.75. The predicted molar refractivity (Wildman–Crippen MR) is 92.6 cm³/mol. The topological polar surface area (TPSA) is 45.0 Å². The van der Waals surface area contributed by atoms with E-state index in [2.05, 4.69) is 15.9 Å². The van der Waals surface area contributed by atoms with Crippen LogP contribution in [0.3, 0.4) is 0 Å². The minimum atomic E-state index is 0.106. The van der Waals surface area contributed by atoms with Crippen molar-refractivity contribution in [2.75, 3.05) is 26.2 Å². The third kappa shape index (κ3) is 3.92.